The lowest BCUT2D eigenvalue weighted by molar-refractivity contribution is 0.421. The van der Waals surface area contributed by atoms with Gasteiger partial charge in [-0.3, -0.25) is 14.9 Å². The van der Waals surface area contributed by atoms with Crippen molar-refractivity contribution in [3.05, 3.63) is 35.8 Å². The highest BCUT2D eigenvalue weighted by molar-refractivity contribution is 6.10. The first kappa shape index (κ1) is 21.7. The minimum absolute atomic E-state index is 0.454. The molecule has 1 aliphatic carbocycles. The standard InChI is InChI=1S/C24H35N7/c1-30-12-13-31(17-30)19-8-9-21-22(14-19)29-23(16-28-21)20(24(26)18-6-7-18)15-27-11-5-3-2-4-10-25/h8-9,14-16,18H,2-7,10-13,17,25-26H2,1H3. The summed E-state index contributed by atoms with van der Waals surface area (Å²) in [5.41, 5.74) is 17.7. The molecule has 2 fully saturated rings. The fourth-order valence-electron chi connectivity index (χ4n) is 4.02. The Morgan fingerprint density at radius 2 is 2.00 bits per heavy atom. The number of allylic oxidation sites excluding steroid dienone is 2. The fraction of sp³-hybridized carbons (Fsp3) is 0.542. The van der Waals surface area contributed by atoms with Gasteiger partial charge in [0, 0.05) is 42.8 Å². The van der Waals surface area contributed by atoms with Gasteiger partial charge in [0.15, 0.2) is 0 Å². The Balaban J connectivity index is 1.54. The van der Waals surface area contributed by atoms with Crippen molar-refractivity contribution in [2.45, 2.75) is 38.5 Å². The van der Waals surface area contributed by atoms with Crippen LogP contribution in [0, 0.1) is 5.92 Å². The van der Waals surface area contributed by atoms with Crippen molar-refractivity contribution in [3.8, 4) is 0 Å². The number of benzene rings is 1. The molecule has 166 valence electrons. The molecule has 0 bridgehead atoms. The van der Waals surface area contributed by atoms with Crippen molar-refractivity contribution in [2.75, 3.05) is 44.8 Å². The zero-order valence-corrected chi connectivity index (χ0v) is 18.6. The van der Waals surface area contributed by atoms with Gasteiger partial charge >= 0.3 is 0 Å². The Morgan fingerprint density at radius 3 is 2.74 bits per heavy atom. The number of anilines is 1. The van der Waals surface area contributed by atoms with Crippen molar-refractivity contribution in [1.82, 2.24) is 14.9 Å². The molecule has 1 saturated carbocycles. The Hall–Kier alpha value is -2.51. The van der Waals surface area contributed by atoms with E-state index in [4.69, 9.17) is 16.5 Å². The number of aromatic nitrogens is 2. The van der Waals surface area contributed by atoms with E-state index in [0.29, 0.717) is 5.92 Å². The van der Waals surface area contributed by atoms with Crippen LogP contribution in [0.25, 0.3) is 16.6 Å². The van der Waals surface area contributed by atoms with Crippen LogP contribution in [0.1, 0.15) is 44.2 Å². The van der Waals surface area contributed by atoms with E-state index in [1.807, 2.05) is 12.4 Å². The van der Waals surface area contributed by atoms with Gasteiger partial charge in [-0.2, -0.15) is 0 Å². The summed E-state index contributed by atoms with van der Waals surface area (Å²) in [5, 5.41) is 0. The summed E-state index contributed by atoms with van der Waals surface area (Å²) in [6.45, 7) is 4.63. The molecule has 0 amide bonds. The van der Waals surface area contributed by atoms with Crippen molar-refractivity contribution in [3.63, 3.8) is 0 Å². The third-order valence-electron chi connectivity index (χ3n) is 6.12. The van der Waals surface area contributed by atoms with E-state index < -0.39 is 0 Å². The van der Waals surface area contributed by atoms with E-state index in [9.17, 15) is 0 Å². The minimum atomic E-state index is 0.454. The van der Waals surface area contributed by atoms with Gasteiger partial charge < -0.3 is 16.4 Å². The molecule has 2 aliphatic rings. The van der Waals surface area contributed by atoms with E-state index in [1.54, 1.807) is 0 Å². The summed E-state index contributed by atoms with van der Waals surface area (Å²) in [5.74, 6) is 0.454. The molecular weight excluding hydrogens is 386 g/mol. The molecule has 1 aromatic carbocycles. The number of rotatable bonds is 10. The molecule has 4 N–H and O–H groups in total. The van der Waals surface area contributed by atoms with Gasteiger partial charge in [0.05, 0.1) is 29.6 Å². The van der Waals surface area contributed by atoms with Crippen molar-refractivity contribution < 1.29 is 0 Å². The van der Waals surface area contributed by atoms with Gasteiger partial charge in [-0.05, 0) is 63.4 Å². The average Bonchev–Trinajstić information content (AvgIpc) is 3.55. The maximum absolute atomic E-state index is 6.52. The molecule has 0 unspecified atom stereocenters. The maximum Gasteiger partial charge on any atom is 0.0925 e. The second-order valence-electron chi connectivity index (χ2n) is 8.79. The van der Waals surface area contributed by atoms with Crippen LogP contribution >= 0.6 is 0 Å². The van der Waals surface area contributed by atoms with E-state index in [0.717, 1.165) is 92.9 Å². The molecule has 1 aliphatic heterocycles. The Bertz CT molecular complexity index is 948. The van der Waals surface area contributed by atoms with Crippen molar-refractivity contribution in [2.24, 2.45) is 22.4 Å². The zero-order valence-electron chi connectivity index (χ0n) is 18.6. The number of hydrogen-bond donors (Lipinski definition) is 2. The predicted octanol–water partition coefficient (Wildman–Crippen LogP) is 3.01. The topological polar surface area (TPSA) is 96.7 Å². The smallest absolute Gasteiger partial charge is 0.0925 e. The molecule has 7 nitrogen and oxygen atoms in total. The highest BCUT2D eigenvalue weighted by Crippen LogP contribution is 2.37. The molecule has 2 aromatic rings. The molecule has 0 radical (unpaired) electrons. The first-order valence-corrected chi connectivity index (χ1v) is 11.6. The van der Waals surface area contributed by atoms with E-state index >= 15 is 0 Å². The molecule has 0 atom stereocenters. The van der Waals surface area contributed by atoms with Gasteiger partial charge in [-0.15, -0.1) is 0 Å². The van der Waals surface area contributed by atoms with Crippen molar-refractivity contribution >= 4 is 28.5 Å². The summed E-state index contributed by atoms with van der Waals surface area (Å²) in [4.78, 5) is 19.0. The Labute approximate surface area is 185 Å². The summed E-state index contributed by atoms with van der Waals surface area (Å²) in [7, 11) is 2.15. The van der Waals surface area contributed by atoms with Crippen LogP contribution < -0.4 is 16.4 Å². The fourth-order valence-corrected chi connectivity index (χ4v) is 4.02. The normalized spacial score (nSPS) is 18.3. The summed E-state index contributed by atoms with van der Waals surface area (Å²) in [6, 6.07) is 6.34. The molecule has 4 rings (SSSR count). The molecule has 7 heteroatoms. The van der Waals surface area contributed by atoms with Crippen LogP contribution in [0.2, 0.25) is 0 Å². The van der Waals surface area contributed by atoms with Gasteiger partial charge in [0.2, 0.25) is 0 Å². The lowest BCUT2D eigenvalue weighted by atomic mass is 10.1. The van der Waals surface area contributed by atoms with Gasteiger partial charge in [0.25, 0.3) is 0 Å². The van der Waals surface area contributed by atoms with Crippen LogP contribution in [0.15, 0.2) is 35.1 Å². The first-order valence-electron chi connectivity index (χ1n) is 11.6. The number of unbranched alkanes of at least 4 members (excludes halogenated alkanes) is 3. The lowest BCUT2D eigenvalue weighted by Gasteiger charge is -2.18. The monoisotopic (exact) mass is 421 g/mol. The summed E-state index contributed by atoms with van der Waals surface area (Å²) < 4.78 is 0. The van der Waals surface area contributed by atoms with E-state index in [-0.39, 0.29) is 0 Å². The highest BCUT2D eigenvalue weighted by atomic mass is 15.4. The summed E-state index contributed by atoms with van der Waals surface area (Å²) >= 11 is 0. The number of nitrogens with zero attached hydrogens (tertiary/aromatic N) is 5. The van der Waals surface area contributed by atoms with Gasteiger partial charge in [-0.25, -0.2) is 4.98 Å². The van der Waals surface area contributed by atoms with Gasteiger partial charge in [-0.1, -0.05) is 12.8 Å². The molecule has 2 heterocycles. The SMILES string of the molecule is CN1CCN(c2ccc3ncc(C(C=NCCCCCCN)=C(N)C4CC4)nc3c2)C1. The van der Waals surface area contributed by atoms with Crippen LogP contribution in [-0.4, -0.2) is 61.0 Å². The summed E-state index contributed by atoms with van der Waals surface area (Å²) in [6.07, 6.45) is 10.6. The Morgan fingerprint density at radius 1 is 1.16 bits per heavy atom. The Kier molecular flexibility index (Phi) is 7.14. The maximum atomic E-state index is 6.52. The average molecular weight is 422 g/mol. The number of aliphatic imine (C=N–C) groups is 1. The number of nitrogens with two attached hydrogens (primary N) is 2. The van der Waals surface area contributed by atoms with Crippen LogP contribution in [-0.2, 0) is 0 Å². The minimum Gasteiger partial charge on any atom is -0.401 e. The number of hydrogen-bond acceptors (Lipinski definition) is 7. The predicted molar refractivity (Wildman–Crippen MR) is 129 cm³/mol. The number of likely N-dealkylation sites (N-methyl/N-ethyl adjacent to an activating group) is 1. The van der Waals surface area contributed by atoms with E-state index in [1.165, 1.54) is 12.1 Å². The van der Waals surface area contributed by atoms with E-state index in [2.05, 4.69) is 45.0 Å². The molecule has 0 spiro atoms. The highest BCUT2D eigenvalue weighted by Gasteiger charge is 2.27. The van der Waals surface area contributed by atoms with Crippen LogP contribution in [0.4, 0.5) is 5.69 Å². The second-order valence-corrected chi connectivity index (χ2v) is 8.79. The molecule has 1 aromatic heterocycles. The number of fused-ring (bicyclic) bond motifs is 1. The molecular formula is C24H35N7. The van der Waals surface area contributed by atoms with Crippen molar-refractivity contribution in [1.29, 1.82) is 0 Å². The third kappa shape index (κ3) is 5.60. The van der Waals surface area contributed by atoms with Gasteiger partial charge in [0.1, 0.15) is 0 Å². The first-order chi connectivity index (χ1) is 15.2. The third-order valence-corrected chi connectivity index (χ3v) is 6.12. The molecule has 1 saturated heterocycles. The second kappa shape index (κ2) is 10.2. The molecule has 31 heavy (non-hydrogen) atoms. The zero-order chi connectivity index (χ0) is 21.6. The van der Waals surface area contributed by atoms with Crippen LogP contribution in [0.5, 0.6) is 0 Å². The lowest BCUT2D eigenvalue weighted by Crippen LogP contribution is -2.22. The largest absolute Gasteiger partial charge is 0.401 e. The quantitative estimate of drug-likeness (QED) is 0.452. The van der Waals surface area contributed by atoms with Crippen LogP contribution in [0.3, 0.4) is 0 Å².